The fourth-order valence-electron chi connectivity index (χ4n) is 1.80. The van der Waals surface area contributed by atoms with E-state index in [9.17, 15) is 9.59 Å². The van der Waals surface area contributed by atoms with Crippen molar-refractivity contribution in [1.29, 1.82) is 0 Å². The number of aromatic nitrogens is 1. The van der Waals surface area contributed by atoms with Gasteiger partial charge in [-0.1, -0.05) is 13.8 Å². The molecule has 0 saturated carbocycles. The van der Waals surface area contributed by atoms with Crippen LogP contribution in [0.15, 0.2) is 12.3 Å². The average molecular weight is 253 g/mol. The number of nitrogens with zero attached hydrogens (tertiary/aromatic N) is 1. The lowest BCUT2D eigenvalue weighted by atomic mass is 10.1. The van der Waals surface area contributed by atoms with E-state index in [-0.39, 0.29) is 13.0 Å². The molecule has 0 aliphatic rings. The quantitative estimate of drug-likeness (QED) is 0.787. The van der Waals surface area contributed by atoms with Crippen LogP contribution in [0.2, 0.25) is 0 Å². The molecule has 18 heavy (non-hydrogen) atoms. The molecule has 0 amide bonds. The molecule has 1 heterocycles. The third kappa shape index (κ3) is 3.61. The number of carbonyl (C=O) groups excluding carboxylic acids is 1. The summed E-state index contributed by atoms with van der Waals surface area (Å²) in [4.78, 5) is 22.6. The van der Waals surface area contributed by atoms with Gasteiger partial charge in [0, 0.05) is 18.4 Å². The summed E-state index contributed by atoms with van der Waals surface area (Å²) in [5.41, 5.74) is 0.856. The molecule has 0 bridgehead atoms. The summed E-state index contributed by atoms with van der Waals surface area (Å²) in [7, 11) is 0. The van der Waals surface area contributed by atoms with Crippen LogP contribution in [0.25, 0.3) is 0 Å². The molecule has 0 unspecified atom stereocenters. The minimum Gasteiger partial charge on any atom is -0.481 e. The van der Waals surface area contributed by atoms with E-state index in [2.05, 4.69) is 0 Å². The van der Waals surface area contributed by atoms with Crippen molar-refractivity contribution in [3.05, 3.63) is 23.5 Å². The highest BCUT2D eigenvalue weighted by molar-refractivity contribution is 5.92. The fourth-order valence-corrected chi connectivity index (χ4v) is 1.80. The summed E-state index contributed by atoms with van der Waals surface area (Å²) >= 11 is 0. The summed E-state index contributed by atoms with van der Waals surface area (Å²) in [6.07, 6.45) is 1.57. The van der Waals surface area contributed by atoms with Gasteiger partial charge in [-0.15, -0.1) is 0 Å². The second-order valence-electron chi connectivity index (χ2n) is 4.51. The normalized spacial score (nSPS) is 10.7. The Morgan fingerprint density at radius 2 is 2.11 bits per heavy atom. The lowest BCUT2D eigenvalue weighted by Gasteiger charge is -2.11. The molecule has 1 aromatic rings. The molecule has 0 radical (unpaired) electrons. The molecular weight excluding hydrogens is 234 g/mol. The number of carbonyl (C=O) groups is 2. The van der Waals surface area contributed by atoms with Crippen molar-refractivity contribution in [1.82, 2.24) is 4.57 Å². The summed E-state index contributed by atoms with van der Waals surface area (Å²) in [5, 5.41) is 8.91. The number of esters is 1. The minimum absolute atomic E-state index is 0.173. The Kier molecular flexibility index (Phi) is 4.95. The van der Waals surface area contributed by atoms with Crippen LogP contribution in [0, 0.1) is 5.92 Å². The van der Waals surface area contributed by atoms with Crippen LogP contribution in [-0.2, 0) is 22.5 Å². The molecular formula is C13H19NO4. The largest absolute Gasteiger partial charge is 0.481 e. The van der Waals surface area contributed by atoms with E-state index in [0.29, 0.717) is 23.7 Å². The molecule has 5 nitrogen and oxygen atoms in total. The van der Waals surface area contributed by atoms with E-state index in [1.54, 1.807) is 19.2 Å². The lowest BCUT2D eigenvalue weighted by molar-refractivity contribution is -0.136. The van der Waals surface area contributed by atoms with Gasteiger partial charge in [-0.25, -0.2) is 4.79 Å². The van der Waals surface area contributed by atoms with Gasteiger partial charge in [0.25, 0.3) is 0 Å². The highest BCUT2D eigenvalue weighted by Gasteiger charge is 2.19. The summed E-state index contributed by atoms with van der Waals surface area (Å²) in [6.45, 7) is 6.76. The highest BCUT2D eigenvalue weighted by Crippen LogP contribution is 2.15. The first kappa shape index (κ1) is 14.3. The smallest absolute Gasteiger partial charge is 0.339 e. The average Bonchev–Trinajstić information content (AvgIpc) is 2.60. The number of carboxylic acids is 1. The van der Waals surface area contributed by atoms with Gasteiger partial charge in [0.05, 0.1) is 18.6 Å². The monoisotopic (exact) mass is 253 g/mol. The Morgan fingerprint density at radius 1 is 1.44 bits per heavy atom. The number of hydrogen-bond acceptors (Lipinski definition) is 3. The van der Waals surface area contributed by atoms with Crippen molar-refractivity contribution >= 4 is 11.9 Å². The molecule has 0 atom stereocenters. The molecule has 1 rings (SSSR count). The van der Waals surface area contributed by atoms with Crippen LogP contribution in [-0.4, -0.2) is 28.2 Å². The predicted octanol–water partition coefficient (Wildman–Crippen LogP) is 1.95. The topological polar surface area (TPSA) is 68.5 Å². The third-order valence-electron chi connectivity index (χ3n) is 2.45. The Labute approximate surface area is 106 Å². The van der Waals surface area contributed by atoms with Crippen molar-refractivity contribution in [2.75, 3.05) is 6.61 Å². The van der Waals surface area contributed by atoms with Gasteiger partial charge in [-0.2, -0.15) is 0 Å². The molecule has 5 heteroatoms. The molecule has 0 aliphatic carbocycles. The van der Waals surface area contributed by atoms with Crippen LogP contribution in [0.1, 0.15) is 36.8 Å². The molecule has 0 spiro atoms. The fraction of sp³-hybridized carbons (Fsp3) is 0.538. The standard InChI is InChI=1S/C13H19NO4/c1-4-18-13(17)10-5-6-14(8-9(2)3)11(10)7-12(15)16/h5-6,9H,4,7-8H2,1-3H3,(H,15,16). The Hall–Kier alpha value is -1.78. The van der Waals surface area contributed by atoms with Crippen LogP contribution in [0.5, 0.6) is 0 Å². The van der Waals surface area contributed by atoms with Gasteiger partial charge in [0.15, 0.2) is 0 Å². The number of carboxylic acid groups (broad SMARTS) is 1. The minimum atomic E-state index is -0.954. The zero-order chi connectivity index (χ0) is 13.7. The van der Waals surface area contributed by atoms with E-state index in [1.807, 2.05) is 18.4 Å². The van der Waals surface area contributed by atoms with Gasteiger partial charge in [0.2, 0.25) is 0 Å². The van der Waals surface area contributed by atoms with E-state index < -0.39 is 11.9 Å². The van der Waals surface area contributed by atoms with E-state index >= 15 is 0 Å². The number of hydrogen-bond donors (Lipinski definition) is 1. The van der Waals surface area contributed by atoms with Crippen LogP contribution in [0.3, 0.4) is 0 Å². The lowest BCUT2D eigenvalue weighted by Crippen LogP contribution is -2.15. The molecule has 0 fully saturated rings. The summed E-state index contributed by atoms with van der Waals surface area (Å²) in [6, 6.07) is 1.62. The van der Waals surface area contributed by atoms with Crippen molar-refractivity contribution in [3.63, 3.8) is 0 Å². The second kappa shape index (κ2) is 6.23. The van der Waals surface area contributed by atoms with Crippen molar-refractivity contribution < 1.29 is 19.4 Å². The van der Waals surface area contributed by atoms with Gasteiger partial charge >= 0.3 is 11.9 Å². The van der Waals surface area contributed by atoms with Crippen molar-refractivity contribution in [2.45, 2.75) is 33.7 Å². The first-order valence-corrected chi connectivity index (χ1v) is 6.02. The molecule has 1 N–H and O–H groups in total. The van der Waals surface area contributed by atoms with E-state index in [0.717, 1.165) is 0 Å². The first-order chi connectivity index (χ1) is 8.45. The Balaban J connectivity index is 3.06. The number of aliphatic carboxylic acids is 1. The van der Waals surface area contributed by atoms with Crippen LogP contribution in [0.4, 0.5) is 0 Å². The van der Waals surface area contributed by atoms with E-state index in [1.165, 1.54) is 0 Å². The zero-order valence-corrected chi connectivity index (χ0v) is 11.0. The molecule has 0 aromatic carbocycles. The molecule has 0 aliphatic heterocycles. The summed E-state index contributed by atoms with van der Waals surface area (Å²) < 4.78 is 6.73. The number of ether oxygens (including phenoxy) is 1. The highest BCUT2D eigenvalue weighted by atomic mass is 16.5. The van der Waals surface area contributed by atoms with Crippen molar-refractivity contribution in [2.24, 2.45) is 5.92 Å². The summed E-state index contributed by atoms with van der Waals surface area (Å²) in [5.74, 6) is -1.04. The molecule has 1 aromatic heterocycles. The maximum atomic E-state index is 11.7. The van der Waals surface area contributed by atoms with Gasteiger partial charge in [0.1, 0.15) is 0 Å². The SMILES string of the molecule is CCOC(=O)c1ccn(CC(C)C)c1CC(=O)O. The second-order valence-corrected chi connectivity index (χ2v) is 4.51. The van der Waals surface area contributed by atoms with Crippen molar-refractivity contribution in [3.8, 4) is 0 Å². The maximum Gasteiger partial charge on any atom is 0.339 e. The first-order valence-electron chi connectivity index (χ1n) is 6.02. The van der Waals surface area contributed by atoms with Crippen LogP contribution < -0.4 is 0 Å². The van der Waals surface area contributed by atoms with Crippen LogP contribution >= 0.6 is 0 Å². The zero-order valence-electron chi connectivity index (χ0n) is 11.0. The van der Waals surface area contributed by atoms with Gasteiger partial charge in [-0.05, 0) is 18.9 Å². The van der Waals surface area contributed by atoms with E-state index in [4.69, 9.17) is 9.84 Å². The predicted molar refractivity (Wildman–Crippen MR) is 66.6 cm³/mol. The molecule has 0 saturated heterocycles. The van der Waals surface area contributed by atoms with Gasteiger partial charge in [-0.3, -0.25) is 4.79 Å². The van der Waals surface area contributed by atoms with Gasteiger partial charge < -0.3 is 14.4 Å². The maximum absolute atomic E-state index is 11.7. The Bertz CT molecular complexity index is 434. The third-order valence-corrected chi connectivity index (χ3v) is 2.45. The Morgan fingerprint density at radius 3 is 2.61 bits per heavy atom. The molecule has 100 valence electrons. The number of rotatable bonds is 6.